The molecule has 69 heavy (non-hydrogen) atoms. The van der Waals surface area contributed by atoms with Crippen molar-refractivity contribution in [3.05, 3.63) is 109 Å². The zero-order valence-corrected chi connectivity index (χ0v) is 43.5. The topological polar surface area (TPSA) is 149 Å². The van der Waals surface area contributed by atoms with Gasteiger partial charge in [0.15, 0.2) is 6.29 Å². The van der Waals surface area contributed by atoms with E-state index in [1.165, 1.54) is 96.3 Å². The van der Waals surface area contributed by atoms with Crippen LogP contribution in [-0.2, 0) is 14.3 Å². The fourth-order valence-electron chi connectivity index (χ4n) is 7.98. The van der Waals surface area contributed by atoms with Crippen LogP contribution in [0.5, 0.6) is 0 Å². The summed E-state index contributed by atoms with van der Waals surface area (Å²) in [5, 5.41) is 54.0. The molecular formula is C60H101NO8. The highest BCUT2D eigenvalue weighted by Gasteiger charge is 2.44. The maximum absolute atomic E-state index is 12.9. The quantitative estimate of drug-likeness (QED) is 0.0261. The van der Waals surface area contributed by atoms with Crippen LogP contribution in [-0.4, -0.2) is 87.5 Å². The normalized spacial score (nSPS) is 20.4. The average molecular weight is 964 g/mol. The van der Waals surface area contributed by atoms with Gasteiger partial charge >= 0.3 is 0 Å². The molecule has 394 valence electrons. The van der Waals surface area contributed by atoms with Crippen LogP contribution in [0, 0.1) is 0 Å². The Hall–Kier alpha value is -3.15. The monoisotopic (exact) mass is 964 g/mol. The molecule has 0 radical (unpaired) electrons. The van der Waals surface area contributed by atoms with Gasteiger partial charge in [0, 0.05) is 6.42 Å². The van der Waals surface area contributed by atoms with E-state index in [4.69, 9.17) is 9.47 Å². The molecule has 0 saturated carbocycles. The molecule has 0 aromatic carbocycles. The number of carbonyl (C=O) groups excluding carboxylic acids is 1. The standard InChI is InChI=1S/C60H101NO8/c1-3-5-7-9-11-12-13-14-15-16-17-18-19-20-21-22-23-24-25-26-27-28-29-30-31-32-33-34-35-36-37-38-39-40-41-42-44-46-48-50-56(64)61-53(54(63)49-47-45-43-10-8-6-4-2)52-68-60-59(67)58(66)57(65)55(51-62)69-60/h5,7-8,10-12,14-15,17-18,20-21,23-24,26-27,47,49,53-55,57-60,62-63,65-67H,3-4,6,9,13,16,19,22,25,28-46,48,50-52H2,1-2H3,(H,61,64)/b7-5-,10-8+,12-11-,15-14-,18-17-,21-20-,24-23-,27-26-,49-47+. The average Bonchev–Trinajstić information content (AvgIpc) is 3.35. The molecule has 0 aromatic heterocycles. The molecule has 1 saturated heterocycles. The molecule has 0 bridgehead atoms. The van der Waals surface area contributed by atoms with Crippen LogP contribution in [0.25, 0.3) is 0 Å². The van der Waals surface area contributed by atoms with E-state index in [0.717, 1.165) is 89.9 Å². The summed E-state index contributed by atoms with van der Waals surface area (Å²) in [4.78, 5) is 12.9. The van der Waals surface area contributed by atoms with E-state index in [1.807, 2.05) is 6.08 Å². The predicted molar refractivity (Wildman–Crippen MR) is 290 cm³/mol. The minimum Gasteiger partial charge on any atom is -0.394 e. The molecule has 1 rings (SSSR count). The minimum absolute atomic E-state index is 0.195. The zero-order valence-electron chi connectivity index (χ0n) is 43.5. The number of hydrogen-bond acceptors (Lipinski definition) is 8. The summed E-state index contributed by atoms with van der Waals surface area (Å²) in [5.41, 5.74) is 0. The molecule has 0 aromatic rings. The maximum atomic E-state index is 12.9. The molecule has 1 aliphatic rings. The number of aliphatic hydroxyl groups is 5. The fraction of sp³-hybridized carbons (Fsp3) is 0.683. The maximum Gasteiger partial charge on any atom is 0.220 e. The minimum atomic E-state index is -1.57. The number of unbranched alkanes of at least 4 members (excludes halogenated alkanes) is 19. The van der Waals surface area contributed by atoms with Gasteiger partial charge in [-0.15, -0.1) is 0 Å². The van der Waals surface area contributed by atoms with Crippen molar-refractivity contribution in [2.75, 3.05) is 13.2 Å². The Bertz CT molecular complexity index is 1440. The molecule has 7 unspecified atom stereocenters. The number of allylic oxidation sites excluding steroid dienone is 17. The molecule has 0 aliphatic carbocycles. The van der Waals surface area contributed by atoms with Crippen molar-refractivity contribution in [1.29, 1.82) is 0 Å². The lowest BCUT2D eigenvalue weighted by atomic mass is 9.99. The largest absolute Gasteiger partial charge is 0.394 e. The van der Waals surface area contributed by atoms with Gasteiger partial charge in [0.25, 0.3) is 0 Å². The molecule has 0 spiro atoms. The summed E-state index contributed by atoms with van der Waals surface area (Å²) in [6, 6.07) is -0.823. The Morgan fingerprint density at radius 3 is 1.38 bits per heavy atom. The van der Waals surface area contributed by atoms with Gasteiger partial charge in [0.2, 0.25) is 5.91 Å². The van der Waals surface area contributed by atoms with E-state index in [-0.39, 0.29) is 12.5 Å². The Kier molecular flexibility index (Phi) is 44.9. The van der Waals surface area contributed by atoms with Gasteiger partial charge in [-0.05, 0) is 83.5 Å². The van der Waals surface area contributed by atoms with Gasteiger partial charge in [0.1, 0.15) is 24.4 Å². The third-order valence-electron chi connectivity index (χ3n) is 12.3. The molecule has 1 amide bonds. The number of amides is 1. The van der Waals surface area contributed by atoms with E-state index >= 15 is 0 Å². The van der Waals surface area contributed by atoms with Crippen molar-refractivity contribution < 1.29 is 39.8 Å². The number of hydrogen-bond donors (Lipinski definition) is 6. The second kappa shape index (κ2) is 48.5. The molecule has 1 fully saturated rings. The van der Waals surface area contributed by atoms with Gasteiger partial charge in [0.05, 0.1) is 25.4 Å². The number of ether oxygens (including phenoxy) is 2. The second-order valence-electron chi connectivity index (χ2n) is 18.6. The van der Waals surface area contributed by atoms with Crippen LogP contribution in [0.3, 0.4) is 0 Å². The molecule has 9 heteroatoms. The predicted octanol–water partition coefficient (Wildman–Crippen LogP) is 13.4. The molecular weight excluding hydrogens is 863 g/mol. The van der Waals surface area contributed by atoms with Crippen LogP contribution < -0.4 is 5.32 Å². The van der Waals surface area contributed by atoms with Gasteiger partial charge < -0.3 is 40.3 Å². The first kappa shape index (κ1) is 63.9. The smallest absolute Gasteiger partial charge is 0.220 e. The molecule has 6 N–H and O–H groups in total. The Labute approximate surface area is 421 Å². The zero-order chi connectivity index (χ0) is 50.1. The number of carbonyl (C=O) groups is 1. The van der Waals surface area contributed by atoms with Crippen LogP contribution in [0.4, 0.5) is 0 Å². The van der Waals surface area contributed by atoms with E-state index in [9.17, 15) is 30.3 Å². The van der Waals surface area contributed by atoms with Crippen LogP contribution in [0.1, 0.15) is 206 Å². The summed E-state index contributed by atoms with van der Waals surface area (Å²) < 4.78 is 11.2. The molecule has 1 aliphatic heterocycles. The van der Waals surface area contributed by atoms with E-state index in [0.29, 0.717) is 6.42 Å². The van der Waals surface area contributed by atoms with Crippen molar-refractivity contribution in [3.8, 4) is 0 Å². The van der Waals surface area contributed by atoms with Gasteiger partial charge in [-0.1, -0.05) is 226 Å². The van der Waals surface area contributed by atoms with Crippen LogP contribution >= 0.6 is 0 Å². The van der Waals surface area contributed by atoms with Crippen molar-refractivity contribution >= 4 is 5.91 Å². The summed E-state index contributed by atoms with van der Waals surface area (Å²) in [6.07, 6.45) is 65.0. The van der Waals surface area contributed by atoms with Crippen molar-refractivity contribution in [1.82, 2.24) is 5.32 Å². The SMILES string of the molecule is CC/C=C\C/C=C\C/C=C\C/C=C\C/C=C\C/C=C\C/C=C\CCCCCCCCCCCCCCCCCCCC(=O)NC(COC1OC(CO)C(O)C(O)C1O)C(O)/C=C/CC/C=C/CCC. The summed E-state index contributed by atoms with van der Waals surface area (Å²) in [7, 11) is 0. The Morgan fingerprint density at radius 1 is 0.507 bits per heavy atom. The Balaban J connectivity index is 2.03. The highest BCUT2D eigenvalue weighted by molar-refractivity contribution is 5.76. The third kappa shape index (κ3) is 38.2. The van der Waals surface area contributed by atoms with Gasteiger partial charge in [-0.25, -0.2) is 0 Å². The highest BCUT2D eigenvalue weighted by atomic mass is 16.7. The highest BCUT2D eigenvalue weighted by Crippen LogP contribution is 2.23. The first-order valence-electron chi connectivity index (χ1n) is 27.6. The van der Waals surface area contributed by atoms with Gasteiger partial charge in [-0.2, -0.15) is 0 Å². The third-order valence-corrected chi connectivity index (χ3v) is 12.3. The molecule has 1 heterocycles. The number of rotatable bonds is 45. The lowest BCUT2D eigenvalue weighted by Gasteiger charge is -2.40. The van der Waals surface area contributed by atoms with E-state index < -0.39 is 49.5 Å². The Morgan fingerprint density at radius 2 is 0.913 bits per heavy atom. The number of nitrogens with one attached hydrogen (secondary N) is 1. The number of aliphatic hydroxyl groups excluding tert-OH is 5. The summed E-state index contributed by atoms with van der Waals surface area (Å²) >= 11 is 0. The summed E-state index contributed by atoms with van der Waals surface area (Å²) in [5.74, 6) is -0.195. The first-order chi connectivity index (χ1) is 33.8. The van der Waals surface area contributed by atoms with Crippen LogP contribution in [0.15, 0.2) is 109 Å². The van der Waals surface area contributed by atoms with Crippen molar-refractivity contribution in [2.24, 2.45) is 0 Å². The second-order valence-corrected chi connectivity index (χ2v) is 18.6. The van der Waals surface area contributed by atoms with E-state index in [1.54, 1.807) is 6.08 Å². The molecule has 9 nitrogen and oxygen atoms in total. The molecule has 7 atom stereocenters. The van der Waals surface area contributed by atoms with Crippen molar-refractivity contribution in [3.63, 3.8) is 0 Å². The van der Waals surface area contributed by atoms with Crippen LogP contribution in [0.2, 0.25) is 0 Å². The lowest BCUT2D eigenvalue weighted by molar-refractivity contribution is -0.302. The summed E-state index contributed by atoms with van der Waals surface area (Å²) in [6.45, 7) is 3.52. The fourth-order valence-corrected chi connectivity index (χ4v) is 7.98. The van der Waals surface area contributed by atoms with E-state index in [2.05, 4.69) is 116 Å². The van der Waals surface area contributed by atoms with Crippen molar-refractivity contribution in [2.45, 2.75) is 249 Å². The van der Waals surface area contributed by atoms with Gasteiger partial charge in [-0.3, -0.25) is 4.79 Å². The lowest BCUT2D eigenvalue weighted by Crippen LogP contribution is -2.60. The first-order valence-corrected chi connectivity index (χ1v) is 27.6.